The Labute approximate surface area is 134 Å². The van der Waals surface area contributed by atoms with Gasteiger partial charge in [-0.25, -0.2) is 9.78 Å². The number of halogens is 1. The SMILES string of the molecule is Cc1ccc(C)c(OCNC(=O)Nc2ccc(Cl)cn2)c1C. The Hall–Kier alpha value is -2.27. The normalized spacial score (nSPS) is 10.2. The van der Waals surface area contributed by atoms with Gasteiger partial charge in [-0.05, 0) is 49.6 Å². The summed E-state index contributed by atoms with van der Waals surface area (Å²) in [5, 5.41) is 5.73. The third-order valence-electron chi connectivity index (χ3n) is 3.29. The van der Waals surface area contributed by atoms with E-state index in [4.69, 9.17) is 16.3 Å². The molecule has 2 amide bonds. The highest BCUT2D eigenvalue weighted by molar-refractivity contribution is 6.30. The van der Waals surface area contributed by atoms with Crippen LogP contribution in [-0.2, 0) is 0 Å². The lowest BCUT2D eigenvalue weighted by atomic mass is 10.1. The second-order valence-corrected chi connectivity index (χ2v) is 5.37. The zero-order valence-electron chi connectivity index (χ0n) is 12.7. The number of nitrogens with zero attached hydrogens (tertiary/aromatic N) is 1. The van der Waals surface area contributed by atoms with Gasteiger partial charge in [-0.15, -0.1) is 0 Å². The van der Waals surface area contributed by atoms with Crippen LogP contribution in [0, 0.1) is 20.8 Å². The van der Waals surface area contributed by atoms with E-state index in [-0.39, 0.29) is 6.73 Å². The highest BCUT2D eigenvalue weighted by Gasteiger charge is 2.07. The molecule has 0 fully saturated rings. The second kappa shape index (κ2) is 7.13. The van der Waals surface area contributed by atoms with Crippen molar-refractivity contribution in [2.75, 3.05) is 12.0 Å². The van der Waals surface area contributed by atoms with E-state index >= 15 is 0 Å². The highest BCUT2D eigenvalue weighted by Crippen LogP contribution is 2.25. The van der Waals surface area contributed by atoms with E-state index in [9.17, 15) is 4.79 Å². The van der Waals surface area contributed by atoms with E-state index in [0.717, 1.165) is 22.4 Å². The number of rotatable bonds is 4. The van der Waals surface area contributed by atoms with Gasteiger partial charge in [0.15, 0.2) is 6.73 Å². The molecule has 2 rings (SSSR count). The molecule has 0 bridgehead atoms. The van der Waals surface area contributed by atoms with Gasteiger partial charge < -0.3 is 10.1 Å². The van der Waals surface area contributed by atoms with E-state index in [1.165, 1.54) is 6.20 Å². The summed E-state index contributed by atoms with van der Waals surface area (Å²) in [4.78, 5) is 15.7. The van der Waals surface area contributed by atoms with Crippen LogP contribution in [0.4, 0.5) is 10.6 Å². The van der Waals surface area contributed by atoms with Gasteiger partial charge in [0.1, 0.15) is 11.6 Å². The maximum atomic E-state index is 11.7. The van der Waals surface area contributed by atoms with Crippen molar-refractivity contribution < 1.29 is 9.53 Å². The number of aromatic nitrogens is 1. The molecule has 6 heteroatoms. The van der Waals surface area contributed by atoms with Gasteiger partial charge >= 0.3 is 6.03 Å². The fourth-order valence-corrected chi connectivity index (χ4v) is 2.04. The summed E-state index contributed by atoms with van der Waals surface area (Å²) in [5.74, 6) is 1.22. The van der Waals surface area contributed by atoms with E-state index in [1.807, 2.05) is 32.9 Å². The fraction of sp³-hybridized carbons (Fsp3) is 0.250. The van der Waals surface area contributed by atoms with Crippen LogP contribution in [0.2, 0.25) is 5.02 Å². The van der Waals surface area contributed by atoms with Crippen LogP contribution in [-0.4, -0.2) is 17.7 Å². The van der Waals surface area contributed by atoms with E-state index in [0.29, 0.717) is 10.8 Å². The Kier molecular flexibility index (Phi) is 5.22. The van der Waals surface area contributed by atoms with Crippen molar-refractivity contribution in [3.8, 4) is 5.75 Å². The van der Waals surface area contributed by atoms with Crippen LogP contribution in [0.5, 0.6) is 5.75 Å². The Morgan fingerprint density at radius 3 is 2.59 bits per heavy atom. The summed E-state index contributed by atoms with van der Waals surface area (Å²) in [5.41, 5.74) is 3.25. The standard InChI is InChI=1S/C16H18ClN3O2/c1-10-4-5-11(2)15(12(10)3)22-9-19-16(21)20-14-7-6-13(17)8-18-14/h4-8H,9H2,1-3H3,(H2,18,19,20,21). The number of urea groups is 1. The van der Waals surface area contributed by atoms with Crippen LogP contribution in [0.3, 0.4) is 0 Å². The first kappa shape index (κ1) is 16.1. The topological polar surface area (TPSA) is 63.2 Å². The first-order chi connectivity index (χ1) is 10.5. The number of benzene rings is 1. The number of nitrogens with one attached hydrogen (secondary N) is 2. The number of hydrogen-bond acceptors (Lipinski definition) is 3. The molecule has 0 aliphatic heterocycles. The number of pyridine rings is 1. The maximum Gasteiger partial charge on any atom is 0.323 e. The molecule has 2 aromatic rings. The Morgan fingerprint density at radius 2 is 1.91 bits per heavy atom. The largest absolute Gasteiger partial charge is 0.473 e. The zero-order chi connectivity index (χ0) is 16.1. The molecule has 0 aliphatic carbocycles. The molecular formula is C16H18ClN3O2. The first-order valence-corrected chi connectivity index (χ1v) is 7.21. The van der Waals surface area contributed by atoms with Crippen molar-refractivity contribution in [3.63, 3.8) is 0 Å². The second-order valence-electron chi connectivity index (χ2n) is 4.93. The summed E-state index contributed by atoms with van der Waals surface area (Å²) in [6.07, 6.45) is 1.47. The van der Waals surface area contributed by atoms with Gasteiger partial charge in [-0.1, -0.05) is 23.7 Å². The van der Waals surface area contributed by atoms with Crippen molar-refractivity contribution in [2.24, 2.45) is 0 Å². The highest BCUT2D eigenvalue weighted by atomic mass is 35.5. The molecule has 1 heterocycles. The van der Waals surface area contributed by atoms with Gasteiger partial charge in [0, 0.05) is 6.20 Å². The molecule has 5 nitrogen and oxygen atoms in total. The molecule has 1 aromatic heterocycles. The predicted octanol–water partition coefficient (Wildman–Crippen LogP) is 3.82. The third-order valence-corrected chi connectivity index (χ3v) is 3.52. The Morgan fingerprint density at radius 1 is 1.18 bits per heavy atom. The minimum Gasteiger partial charge on any atom is -0.473 e. The van der Waals surface area contributed by atoms with Crippen LogP contribution in [0.25, 0.3) is 0 Å². The summed E-state index contributed by atoms with van der Waals surface area (Å²) >= 11 is 5.73. The van der Waals surface area contributed by atoms with Crippen LogP contribution in [0.15, 0.2) is 30.5 Å². The average Bonchev–Trinajstić information content (AvgIpc) is 2.49. The molecule has 1 aromatic carbocycles. The summed E-state index contributed by atoms with van der Waals surface area (Å²) in [6, 6.07) is 6.93. The number of aryl methyl sites for hydroxylation is 2. The lowest BCUT2D eigenvalue weighted by Gasteiger charge is -2.14. The van der Waals surface area contributed by atoms with Crippen molar-refractivity contribution in [3.05, 3.63) is 52.2 Å². The van der Waals surface area contributed by atoms with Gasteiger partial charge in [0.05, 0.1) is 5.02 Å². The molecule has 0 saturated carbocycles. The lowest BCUT2D eigenvalue weighted by molar-refractivity contribution is 0.234. The van der Waals surface area contributed by atoms with Crippen molar-refractivity contribution in [1.29, 1.82) is 0 Å². The van der Waals surface area contributed by atoms with Crippen molar-refractivity contribution >= 4 is 23.4 Å². The van der Waals surface area contributed by atoms with Crippen LogP contribution in [0.1, 0.15) is 16.7 Å². The zero-order valence-corrected chi connectivity index (χ0v) is 13.5. The molecule has 0 atom stereocenters. The van der Waals surface area contributed by atoms with Gasteiger partial charge in [0.2, 0.25) is 0 Å². The van der Waals surface area contributed by atoms with Crippen LogP contribution >= 0.6 is 11.6 Å². The molecule has 116 valence electrons. The minimum atomic E-state index is -0.391. The van der Waals surface area contributed by atoms with Gasteiger partial charge in [-0.2, -0.15) is 0 Å². The summed E-state index contributed by atoms with van der Waals surface area (Å²) in [7, 11) is 0. The molecule has 0 aliphatic rings. The molecule has 0 unspecified atom stereocenters. The van der Waals surface area contributed by atoms with Gasteiger partial charge in [0.25, 0.3) is 0 Å². The molecule has 0 radical (unpaired) electrons. The summed E-state index contributed by atoms with van der Waals surface area (Å²) in [6.45, 7) is 6.06. The average molecular weight is 320 g/mol. The van der Waals surface area contributed by atoms with E-state index in [1.54, 1.807) is 12.1 Å². The van der Waals surface area contributed by atoms with Crippen molar-refractivity contribution in [1.82, 2.24) is 10.3 Å². The van der Waals surface area contributed by atoms with E-state index in [2.05, 4.69) is 15.6 Å². The molecular weight excluding hydrogens is 302 g/mol. The molecule has 0 spiro atoms. The third kappa shape index (κ3) is 4.11. The number of carbonyl (C=O) groups is 1. The lowest BCUT2D eigenvalue weighted by Crippen LogP contribution is -2.32. The van der Waals surface area contributed by atoms with E-state index < -0.39 is 6.03 Å². The number of anilines is 1. The number of hydrogen-bond donors (Lipinski definition) is 2. The number of carbonyl (C=O) groups excluding carboxylic acids is 1. The molecule has 2 N–H and O–H groups in total. The Bertz CT molecular complexity index is 672. The monoisotopic (exact) mass is 319 g/mol. The molecule has 0 saturated heterocycles. The first-order valence-electron chi connectivity index (χ1n) is 6.83. The fourth-order valence-electron chi connectivity index (χ4n) is 1.93. The minimum absolute atomic E-state index is 0.0740. The maximum absolute atomic E-state index is 11.7. The Balaban J connectivity index is 1.87. The smallest absolute Gasteiger partial charge is 0.323 e. The predicted molar refractivity (Wildman–Crippen MR) is 87.5 cm³/mol. The number of amides is 2. The molecule has 22 heavy (non-hydrogen) atoms. The quantitative estimate of drug-likeness (QED) is 0.842. The number of ether oxygens (including phenoxy) is 1. The summed E-state index contributed by atoms with van der Waals surface area (Å²) < 4.78 is 5.66. The van der Waals surface area contributed by atoms with Gasteiger partial charge in [-0.3, -0.25) is 5.32 Å². The van der Waals surface area contributed by atoms with Crippen molar-refractivity contribution in [2.45, 2.75) is 20.8 Å². The van der Waals surface area contributed by atoms with Crippen LogP contribution < -0.4 is 15.4 Å².